The summed E-state index contributed by atoms with van der Waals surface area (Å²) in [5.74, 6) is -0.521. The van der Waals surface area contributed by atoms with Gasteiger partial charge in [0.2, 0.25) is 11.8 Å². The fourth-order valence-corrected chi connectivity index (χ4v) is 3.21. The van der Waals surface area contributed by atoms with Crippen LogP contribution in [0.3, 0.4) is 0 Å². The van der Waals surface area contributed by atoms with Crippen LogP contribution in [0, 0.1) is 5.82 Å². The summed E-state index contributed by atoms with van der Waals surface area (Å²) in [5.41, 5.74) is 0.359. The zero-order valence-corrected chi connectivity index (χ0v) is 14.0. The molecule has 0 spiro atoms. The predicted octanol–water partition coefficient (Wildman–Crippen LogP) is 1.70. The van der Waals surface area contributed by atoms with Gasteiger partial charge in [-0.15, -0.1) is 0 Å². The fourth-order valence-electron chi connectivity index (χ4n) is 3.21. The first kappa shape index (κ1) is 17.4. The number of nitrogens with zero attached hydrogens (tertiary/aromatic N) is 1. The van der Waals surface area contributed by atoms with Crippen molar-refractivity contribution in [1.82, 2.24) is 15.5 Å². The number of hydrogen-bond donors (Lipinski definition) is 2. The molecule has 0 atom stereocenters. The van der Waals surface area contributed by atoms with Gasteiger partial charge in [-0.25, -0.2) is 9.18 Å². The third-order valence-corrected chi connectivity index (χ3v) is 4.88. The minimum atomic E-state index is -0.318. The van der Waals surface area contributed by atoms with E-state index >= 15 is 0 Å². The number of imide groups is 1. The summed E-state index contributed by atoms with van der Waals surface area (Å²) in [6.07, 6.45) is 2.79. The van der Waals surface area contributed by atoms with Crippen LogP contribution < -0.4 is 10.6 Å². The van der Waals surface area contributed by atoms with E-state index in [0.717, 1.165) is 12.8 Å². The Morgan fingerprint density at radius 2 is 1.80 bits per heavy atom. The molecule has 7 heteroatoms. The van der Waals surface area contributed by atoms with Crippen molar-refractivity contribution in [1.29, 1.82) is 0 Å². The van der Waals surface area contributed by atoms with Gasteiger partial charge in [-0.1, -0.05) is 18.2 Å². The van der Waals surface area contributed by atoms with Gasteiger partial charge in [0.05, 0.1) is 0 Å². The van der Waals surface area contributed by atoms with Crippen LogP contribution in [-0.2, 0) is 15.0 Å². The van der Waals surface area contributed by atoms with Crippen LogP contribution in [-0.4, -0.2) is 42.4 Å². The number of carbonyl (C=O) groups is 3. The second kappa shape index (κ2) is 7.21. The molecular weight excluding hydrogens is 325 g/mol. The van der Waals surface area contributed by atoms with E-state index in [2.05, 4.69) is 10.6 Å². The predicted molar refractivity (Wildman–Crippen MR) is 89.3 cm³/mol. The zero-order chi connectivity index (χ0) is 17.9. The number of halogens is 1. The third kappa shape index (κ3) is 3.97. The molecule has 4 amide bonds. The molecule has 134 valence electrons. The average molecular weight is 347 g/mol. The van der Waals surface area contributed by atoms with Crippen LogP contribution in [0.4, 0.5) is 9.18 Å². The van der Waals surface area contributed by atoms with E-state index in [1.54, 1.807) is 18.2 Å². The number of carbonyl (C=O) groups excluding carboxylic acids is 3. The largest absolute Gasteiger partial charge is 0.338 e. The van der Waals surface area contributed by atoms with Gasteiger partial charge >= 0.3 is 6.03 Å². The van der Waals surface area contributed by atoms with Crippen molar-refractivity contribution >= 4 is 17.8 Å². The van der Waals surface area contributed by atoms with Crippen molar-refractivity contribution in [2.45, 2.75) is 37.5 Å². The molecule has 2 aliphatic rings. The van der Waals surface area contributed by atoms with Gasteiger partial charge in [0.1, 0.15) is 5.82 Å². The van der Waals surface area contributed by atoms with E-state index in [1.165, 1.54) is 11.0 Å². The molecule has 0 radical (unpaired) electrons. The van der Waals surface area contributed by atoms with E-state index in [-0.39, 0.29) is 41.9 Å². The Balaban J connectivity index is 1.38. The van der Waals surface area contributed by atoms with Gasteiger partial charge in [-0.3, -0.25) is 14.5 Å². The van der Waals surface area contributed by atoms with E-state index in [0.29, 0.717) is 31.6 Å². The molecule has 1 saturated carbocycles. The summed E-state index contributed by atoms with van der Waals surface area (Å²) in [6.45, 7) is 1.09. The highest BCUT2D eigenvalue weighted by molar-refractivity contribution is 6.01. The number of rotatable bonds is 7. The summed E-state index contributed by atoms with van der Waals surface area (Å²) in [7, 11) is 0. The smallest absolute Gasteiger partial charge is 0.314 e. The van der Waals surface area contributed by atoms with Crippen molar-refractivity contribution in [2.24, 2.45) is 0 Å². The molecule has 1 saturated heterocycles. The van der Waals surface area contributed by atoms with Crippen molar-refractivity contribution in [3.63, 3.8) is 0 Å². The Bertz CT molecular complexity index is 672. The molecule has 1 heterocycles. The van der Waals surface area contributed by atoms with Crippen LogP contribution in [0.5, 0.6) is 0 Å². The lowest BCUT2D eigenvalue weighted by Gasteiger charge is -2.18. The van der Waals surface area contributed by atoms with E-state index in [1.807, 2.05) is 0 Å². The first-order chi connectivity index (χ1) is 12.0. The summed E-state index contributed by atoms with van der Waals surface area (Å²) in [5, 5.41) is 5.50. The maximum absolute atomic E-state index is 13.9. The molecule has 0 unspecified atom stereocenters. The molecule has 1 aliphatic carbocycles. The summed E-state index contributed by atoms with van der Waals surface area (Å²) in [4.78, 5) is 36.1. The van der Waals surface area contributed by atoms with Crippen LogP contribution in [0.15, 0.2) is 24.3 Å². The van der Waals surface area contributed by atoms with Crippen molar-refractivity contribution in [2.75, 3.05) is 19.6 Å². The first-order valence-electron chi connectivity index (χ1n) is 8.62. The Morgan fingerprint density at radius 3 is 2.44 bits per heavy atom. The number of amides is 4. The summed E-state index contributed by atoms with van der Waals surface area (Å²) < 4.78 is 13.9. The molecule has 0 aromatic heterocycles. The average Bonchev–Trinajstić information content (AvgIpc) is 3.32. The molecule has 2 N–H and O–H groups in total. The van der Waals surface area contributed by atoms with Crippen LogP contribution in [0.1, 0.15) is 37.7 Å². The summed E-state index contributed by atoms with van der Waals surface area (Å²) >= 11 is 0. The Labute approximate surface area is 145 Å². The van der Waals surface area contributed by atoms with Crippen molar-refractivity contribution < 1.29 is 18.8 Å². The quantitative estimate of drug-likeness (QED) is 0.582. The van der Waals surface area contributed by atoms with Gasteiger partial charge in [0.25, 0.3) is 0 Å². The monoisotopic (exact) mass is 347 g/mol. The van der Waals surface area contributed by atoms with Gasteiger partial charge in [-0.05, 0) is 30.9 Å². The highest BCUT2D eigenvalue weighted by Gasteiger charge is 2.45. The van der Waals surface area contributed by atoms with Crippen LogP contribution in [0.2, 0.25) is 0 Å². The van der Waals surface area contributed by atoms with Crippen LogP contribution in [0.25, 0.3) is 0 Å². The first-order valence-corrected chi connectivity index (χ1v) is 8.62. The van der Waals surface area contributed by atoms with Gasteiger partial charge in [-0.2, -0.15) is 0 Å². The Hall–Kier alpha value is -2.44. The number of urea groups is 1. The Kier molecular flexibility index (Phi) is 5.01. The second-order valence-corrected chi connectivity index (χ2v) is 6.66. The van der Waals surface area contributed by atoms with Gasteiger partial charge in [0, 0.05) is 37.9 Å². The summed E-state index contributed by atoms with van der Waals surface area (Å²) in [6, 6.07) is 6.36. The number of hydrogen-bond acceptors (Lipinski definition) is 3. The molecule has 1 aromatic carbocycles. The SMILES string of the molecule is O=C(NCCCN1C(=O)CCC1=O)NCC1(c2ccccc2F)CC1. The van der Waals surface area contributed by atoms with Crippen molar-refractivity contribution in [3.05, 3.63) is 35.6 Å². The topological polar surface area (TPSA) is 78.5 Å². The molecule has 0 bridgehead atoms. The fraction of sp³-hybridized carbons (Fsp3) is 0.500. The van der Waals surface area contributed by atoms with Gasteiger partial charge in [0.15, 0.2) is 0 Å². The molecule has 2 fully saturated rings. The van der Waals surface area contributed by atoms with Crippen molar-refractivity contribution in [3.8, 4) is 0 Å². The maximum atomic E-state index is 13.9. The highest BCUT2D eigenvalue weighted by Crippen LogP contribution is 2.48. The number of nitrogens with one attached hydrogen (secondary N) is 2. The Morgan fingerprint density at radius 1 is 1.12 bits per heavy atom. The highest BCUT2D eigenvalue weighted by atomic mass is 19.1. The second-order valence-electron chi connectivity index (χ2n) is 6.66. The number of benzene rings is 1. The minimum Gasteiger partial charge on any atom is -0.338 e. The van der Waals surface area contributed by atoms with E-state index in [9.17, 15) is 18.8 Å². The lowest BCUT2D eigenvalue weighted by atomic mass is 9.95. The molecule has 3 rings (SSSR count). The van der Waals surface area contributed by atoms with Crippen LogP contribution >= 0.6 is 0 Å². The standard InChI is InChI=1S/C18H22FN3O3/c19-14-5-2-1-4-13(14)18(8-9-18)12-21-17(25)20-10-3-11-22-15(23)6-7-16(22)24/h1-2,4-5H,3,6-12H2,(H2,20,21,25). The maximum Gasteiger partial charge on any atom is 0.314 e. The van der Waals surface area contributed by atoms with Gasteiger partial charge < -0.3 is 10.6 Å². The molecule has 25 heavy (non-hydrogen) atoms. The molecular formula is C18H22FN3O3. The number of likely N-dealkylation sites (tertiary alicyclic amines) is 1. The van der Waals surface area contributed by atoms with E-state index in [4.69, 9.17) is 0 Å². The minimum absolute atomic E-state index is 0.144. The third-order valence-electron chi connectivity index (χ3n) is 4.88. The molecule has 1 aliphatic heterocycles. The normalized spacial score (nSPS) is 18.4. The lowest BCUT2D eigenvalue weighted by molar-refractivity contribution is -0.138. The van der Waals surface area contributed by atoms with E-state index < -0.39 is 0 Å². The molecule has 1 aromatic rings. The molecule has 6 nitrogen and oxygen atoms in total. The zero-order valence-electron chi connectivity index (χ0n) is 14.0. The lowest BCUT2D eigenvalue weighted by Crippen LogP contribution is -2.41.